The lowest BCUT2D eigenvalue weighted by atomic mass is 9.96. The van der Waals surface area contributed by atoms with Crippen LogP contribution in [0.1, 0.15) is 42.5 Å². The van der Waals surface area contributed by atoms with Gasteiger partial charge in [0.1, 0.15) is 5.65 Å². The molecule has 5 nitrogen and oxygen atoms in total. The van der Waals surface area contributed by atoms with Crippen LogP contribution in [0.25, 0.3) is 16.9 Å². The summed E-state index contributed by atoms with van der Waals surface area (Å²) in [6.45, 7) is 0.622. The summed E-state index contributed by atoms with van der Waals surface area (Å²) in [5, 5.41) is 3.15. The highest BCUT2D eigenvalue weighted by Gasteiger charge is 2.42. The Kier molecular flexibility index (Phi) is 3.97. The van der Waals surface area contributed by atoms with Gasteiger partial charge in [0.2, 0.25) is 0 Å². The van der Waals surface area contributed by atoms with Gasteiger partial charge in [0.25, 0.3) is 5.91 Å². The molecule has 1 N–H and O–H groups in total. The summed E-state index contributed by atoms with van der Waals surface area (Å²) in [7, 11) is 0. The Morgan fingerprint density at radius 3 is 2.74 bits per heavy atom. The molecule has 5 rings (SSSR count). The van der Waals surface area contributed by atoms with Crippen molar-refractivity contribution in [3.63, 3.8) is 0 Å². The van der Waals surface area contributed by atoms with Crippen LogP contribution in [0.3, 0.4) is 0 Å². The standard InChI is InChI=1S/C22H23N3O2/c26-21(23-18-12-22(27-15-18)10-4-5-11-22)17-8-9-20-24-19(14-25(20)13-17)16-6-2-1-3-7-16/h1-3,6-9,13-14,18H,4-5,10-12,15H2,(H,23,26)/t18-/m0/s1. The number of carbonyl (C=O) groups is 1. The van der Waals surface area contributed by atoms with E-state index in [0.29, 0.717) is 12.2 Å². The number of imidazole rings is 1. The van der Waals surface area contributed by atoms with E-state index in [1.165, 1.54) is 12.8 Å². The van der Waals surface area contributed by atoms with E-state index in [0.717, 1.165) is 36.2 Å². The number of amides is 1. The molecule has 1 aromatic carbocycles. The smallest absolute Gasteiger partial charge is 0.253 e. The predicted molar refractivity (Wildman–Crippen MR) is 104 cm³/mol. The van der Waals surface area contributed by atoms with Gasteiger partial charge in [-0.2, -0.15) is 0 Å². The topological polar surface area (TPSA) is 55.6 Å². The molecule has 3 aromatic rings. The van der Waals surface area contributed by atoms with Gasteiger partial charge >= 0.3 is 0 Å². The number of hydrogen-bond donors (Lipinski definition) is 1. The number of pyridine rings is 1. The number of fused-ring (bicyclic) bond motifs is 1. The van der Waals surface area contributed by atoms with Gasteiger partial charge in [0.15, 0.2) is 0 Å². The zero-order valence-electron chi connectivity index (χ0n) is 15.2. The van der Waals surface area contributed by atoms with E-state index in [-0.39, 0.29) is 17.6 Å². The fourth-order valence-corrected chi connectivity index (χ4v) is 4.45. The first-order valence-electron chi connectivity index (χ1n) is 9.70. The zero-order chi connectivity index (χ0) is 18.3. The lowest BCUT2D eigenvalue weighted by Gasteiger charge is -2.21. The first-order valence-corrected chi connectivity index (χ1v) is 9.70. The lowest BCUT2D eigenvalue weighted by Crippen LogP contribution is -2.36. The Hall–Kier alpha value is -2.66. The van der Waals surface area contributed by atoms with Crippen LogP contribution < -0.4 is 5.32 Å². The fourth-order valence-electron chi connectivity index (χ4n) is 4.45. The Morgan fingerprint density at radius 2 is 1.93 bits per heavy atom. The van der Waals surface area contributed by atoms with Crippen LogP contribution >= 0.6 is 0 Å². The number of nitrogens with zero attached hydrogens (tertiary/aromatic N) is 2. The monoisotopic (exact) mass is 361 g/mol. The Labute approximate surface area is 158 Å². The van der Waals surface area contributed by atoms with Crippen molar-refractivity contribution in [1.82, 2.24) is 14.7 Å². The summed E-state index contributed by atoms with van der Waals surface area (Å²) >= 11 is 0. The molecule has 1 saturated carbocycles. The third kappa shape index (κ3) is 3.12. The minimum absolute atomic E-state index is 0.0246. The maximum Gasteiger partial charge on any atom is 0.253 e. The summed E-state index contributed by atoms with van der Waals surface area (Å²) in [6.07, 6.45) is 9.48. The molecule has 1 amide bonds. The molecule has 27 heavy (non-hydrogen) atoms. The molecule has 3 heterocycles. The second-order valence-electron chi connectivity index (χ2n) is 7.75. The molecular weight excluding hydrogens is 338 g/mol. The van der Waals surface area contributed by atoms with Crippen molar-refractivity contribution in [2.75, 3.05) is 6.61 Å². The number of nitrogens with one attached hydrogen (secondary N) is 1. The minimum atomic E-state index is -0.0458. The number of aromatic nitrogens is 2. The molecule has 0 bridgehead atoms. The molecule has 1 spiro atoms. The van der Waals surface area contributed by atoms with Gasteiger partial charge in [-0.25, -0.2) is 4.98 Å². The van der Waals surface area contributed by atoms with Crippen molar-refractivity contribution in [1.29, 1.82) is 0 Å². The summed E-state index contributed by atoms with van der Waals surface area (Å²) < 4.78 is 7.96. The van der Waals surface area contributed by atoms with E-state index in [1.54, 1.807) is 0 Å². The van der Waals surface area contributed by atoms with Crippen LogP contribution in [0.15, 0.2) is 54.9 Å². The highest BCUT2D eigenvalue weighted by atomic mass is 16.5. The summed E-state index contributed by atoms with van der Waals surface area (Å²) in [6, 6.07) is 13.9. The average Bonchev–Trinajstić information content (AvgIpc) is 3.42. The van der Waals surface area contributed by atoms with E-state index in [4.69, 9.17) is 4.74 Å². The van der Waals surface area contributed by atoms with Crippen LogP contribution in [-0.4, -0.2) is 33.5 Å². The highest BCUT2D eigenvalue weighted by Crippen LogP contribution is 2.40. The number of hydrogen-bond acceptors (Lipinski definition) is 3. The van der Waals surface area contributed by atoms with Crippen LogP contribution in [0.5, 0.6) is 0 Å². The molecule has 2 aliphatic rings. The second-order valence-corrected chi connectivity index (χ2v) is 7.75. The molecule has 1 aliphatic carbocycles. The molecular formula is C22H23N3O2. The van der Waals surface area contributed by atoms with E-state index in [1.807, 2.05) is 59.3 Å². The first kappa shape index (κ1) is 16.5. The van der Waals surface area contributed by atoms with Crippen molar-refractivity contribution in [3.05, 3.63) is 60.4 Å². The third-order valence-corrected chi connectivity index (χ3v) is 5.84. The predicted octanol–water partition coefficient (Wildman–Crippen LogP) is 3.83. The van der Waals surface area contributed by atoms with Gasteiger partial charge in [0.05, 0.1) is 29.5 Å². The maximum absolute atomic E-state index is 12.7. The average molecular weight is 361 g/mol. The van der Waals surface area contributed by atoms with Crippen LogP contribution in [0.2, 0.25) is 0 Å². The number of rotatable bonds is 3. The van der Waals surface area contributed by atoms with Gasteiger partial charge in [-0.15, -0.1) is 0 Å². The van der Waals surface area contributed by atoms with Crippen molar-refractivity contribution < 1.29 is 9.53 Å². The van der Waals surface area contributed by atoms with E-state index in [2.05, 4.69) is 10.3 Å². The van der Waals surface area contributed by atoms with E-state index in [9.17, 15) is 4.79 Å². The van der Waals surface area contributed by atoms with Gasteiger partial charge in [-0.05, 0) is 31.4 Å². The zero-order valence-corrected chi connectivity index (χ0v) is 15.2. The van der Waals surface area contributed by atoms with Gasteiger partial charge in [0, 0.05) is 18.0 Å². The molecule has 2 aromatic heterocycles. The van der Waals surface area contributed by atoms with Crippen LogP contribution in [-0.2, 0) is 4.74 Å². The van der Waals surface area contributed by atoms with Crippen LogP contribution in [0, 0.1) is 0 Å². The van der Waals surface area contributed by atoms with Gasteiger partial charge in [-0.1, -0.05) is 43.2 Å². The molecule has 0 radical (unpaired) electrons. The Balaban J connectivity index is 1.33. The molecule has 1 aliphatic heterocycles. The van der Waals surface area contributed by atoms with Crippen LogP contribution in [0.4, 0.5) is 0 Å². The normalized spacial score (nSPS) is 21.1. The highest BCUT2D eigenvalue weighted by molar-refractivity contribution is 5.94. The quantitative estimate of drug-likeness (QED) is 0.771. The third-order valence-electron chi connectivity index (χ3n) is 5.84. The molecule has 0 unspecified atom stereocenters. The van der Waals surface area contributed by atoms with Crippen molar-refractivity contribution in [2.24, 2.45) is 0 Å². The van der Waals surface area contributed by atoms with Crippen molar-refractivity contribution >= 4 is 11.6 Å². The Morgan fingerprint density at radius 1 is 1.11 bits per heavy atom. The van der Waals surface area contributed by atoms with E-state index < -0.39 is 0 Å². The molecule has 138 valence electrons. The van der Waals surface area contributed by atoms with Crippen molar-refractivity contribution in [2.45, 2.75) is 43.7 Å². The first-order chi connectivity index (χ1) is 13.2. The molecule has 1 atom stereocenters. The maximum atomic E-state index is 12.7. The Bertz CT molecular complexity index is 974. The molecule has 1 saturated heterocycles. The van der Waals surface area contributed by atoms with Gasteiger partial charge in [-0.3, -0.25) is 4.79 Å². The summed E-state index contributed by atoms with van der Waals surface area (Å²) in [5.41, 5.74) is 3.47. The fraction of sp³-hybridized carbons (Fsp3) is 0.364. The van der Waals surface area contributed by atoms with Crippen molar-refractivity contribution in [3.8, 4) is 11.3 Å². The number of ether oxygens (including phenoxy) is 1. The van der Waals surface area contributed by atoms with E-state index >= 15 is 0 Å². The summed E-state index contributed by atoms with van der Waals surface area (Å²) in [5.74, 6) is -0.0458. The summed E-state index contributed by atoms with van der Waals surface area (Å²) in [4.78, 5) is 17.4. The lowest BCUT2D eigenvalue weighted by molar-refractivity contribution is 0.00988. The largest absolute Gasteiger partial charge is 0.373 e. The SMILES string of the molecule is O=C(N[C@@H]1COC2(CCCC2)C1)c1ccc2nc(-c3ccccc3)cn2c1. The minimum Gasteiger partial charge on any atom is -0.373 e. The second kappa shape index (κ2) is 6.50. The molecule has 5 heteroatoms. The van der Waals surface area contributed by atoms with Gasteiger partial charge < -0.3 is 14.5 Å². The molecule has 2 fully saturated rings. The number of benzene rings is 1. The number of carbonyl (C=O) groups excluding carboxylic acids is 1.